The second-order valence-corrected chi connectivity index (χ2v) is 4.66. The quantitative estimate of drug-likeness (QED) is 0.909. The summed E-state index contributed by atoms with van der Waals surface area (Å²) in [6.07, 6.45) is 3.43. The number of hydrogen-bond acceptors (Lipinski definition) is 3. The Kier molecular flexibility index (Phi) is 4.69. The molecule has 2 aromatic rings. The Morgan fingerprint density at radius 3 is 2.70 bits per heavy atom. The van der Waals surface area contributed by atoms with E-state index < -0.39 is 0 Å². The average Bonchev–Trinajstić information content (AvgIpc) is 2.48. The molecule has 0 radical (unpaired) electrons. The fourth-order valence-electron chi connectivity index (χ4n) is 2.13. The third-order valence-corrected chi connectivity index (χ3v) is 3.24. The number of rotatable bonds is 5. The lowest BCUT2D eigenvalue weighted by Crippen LogP contribution is -2.22. The molecule has 0 aliphatic carbocycles. The molecule has 0 saturated heterocycles. The molecule has 0 amide bonds. The largest absolute Gasteiger partial charge is 0.495 e. The maximum absolute atomic E-state index is 13.8. The van der Waals surface area contributed by atoms with Gasteiger partial charge >= 0.3 is 0 Å². The van der Waals surface area contributed by atoms with Gasteiger partial charge in [0.1, 0.15) is 11.6 Å². The first-order valence-corrected chi connectivity index (χ1v) is 6.64. The molecule has 0 spiro atoms. The third kappa shape index (κ3) is 3.14. The Balaban J connectivity index is 2.41. The molecule has 0 fully saturated rings. The van der Waals surface area contributed by atoms with Gasteiger partial charge in [0.2, 0.25) is 0 Å². The van der Waals surface area contributed by atoms with Crippen molar-refractivity contribution in [2.24, 2.45) is 0 Å². The molecule has 20 heavy (non-hydrogen) atoms. The maximum atomic E-state index is 13.8. The van der Waals surface area contributed by atoms with Crippen LogP contribution in [0.1, 0.15) is 29.7 Å². The van der Waals surface area contributed by atoms with Crippen LogP contribution in [0.3, 0.4) is 0 Å². The zero-order valence-electron chi connectivity index (χ0n) is 12.0. The van der Waals surface area contributed by atoms with E-state index in [1.165, 1.54) is 0 Å². The molecule has 0 aliphatic heterocycles. The van der Waals surface area contributed by atoms with Gasteiger partial charge in [0, 0.05) is 6.20 Å². The van der Waals surface area contributed by atoms with Crippen LogP contribution in [0, 0.1) is 12.7 Å². The zero-order chi connectivity index (χ0) is 14.5. The van der Waals surface area contributed by atoms with Crippen LogP contribution in [0.15, 0.2) is 36.7 Å². The van der Waals surface area contributed by atoms with Gasteiger partial charge in [-0.1, -0.05) is 19.1 Å². The first kappa shape index (κ1) is 14.5. The topological polar surface area (TPSA) is 34.2 Å². The molecule has 0 saturated carbocycles. The first-order chi connectivity index (χ1) is 9.65. The van der Waals surface area contributed by atoms with Crippen molar-refractivity contribution in [3.63, 3.8) is 0 Å². The Morgan fingerprint density at radius 1 is 1.25 bits per heavy atom. The fraction of sp³-hybridized carbons (Fsp3) is 0.312. The first-order valence-electron chi connectivity index (χ1n) is 6.64. The highest BCUT2D eigenvalue weighted by Gasteiger charge is 2.15. The summed E-state index contributed by atoms with van der Waals surface area (Å²) in [7, 11) is 1.61. The Morgan fingerprint density at radius 2 is 2.05 bits per heavy atom. The van der Waals surface area contributed by atoms with Gasteiger partial charge in [-0.05, 0) is 42.3 Å². The third-order valence-electron chi connectivity index (χ3n) is 3.24. The lowest BCUT2D eigenvalue weighted by molar-refractivity contribution is 0.411. The number of nitrogens with zero attached hydrogens (tertiary/aromatic N) is 1. The van der Waals surface area contributed by atoms with Gasteiger partial charge in [-0.2, -0.15) is 0 Å². The summed E-state index contributed by atoms with van der Waals surface area (Å²) in [6, 6.07) is 7.12. The number of aryl methyl sites for hydroxylation is 1. The van der Waals surface area contributed by atoms with Crippen molar-refractivity contribution in [2.75, 3.05) is 13.7 Å². The van der Waals surface area contributed by atoms with Gasteiger partial charge in [0.05, 0.1) is 19.3 Å². The van der Waals surface area contributed by atoms with Gasteiger partial charge in [-0.15, -0.1) is 0 Å². The Hall–Kier alpha value is -1.94. The smallest absolute Gasteiger partial charge is 0.137 e. The van der Waals surface area contributed by atoms with Crippen LogP contribution in [0.5, 0.6) is 5.75 Å². The van der Waals surface area contributed by atoms with Gasteiger partial charge < -0.3 is 10.1 Å². The van der Waals surface area contributed by atoms with Crippen LogP contribution >= 0.6 is 0 Å². The molecule has 1 N–H and O–H groups in total. The molecular weight excluding hydrogens is 255 g/mol. The molecule has 2 rings (SSSR count). The van der Waals surface area contributed by atoms with E-state index in [0.717, 1.165) is 17.7 Å². The Bertz CT molecular complexity index is 586. The van der Waals surface area contributed by atoms with Gasteiger partial charge in [-0.25, -0.2) is 4.39 Å². The summed E-state index contributed by atoms with van der Waals surface area (Å²) in [5.41, 5.74) is 2.48. The monoisotopic (exact) mass is 274 g/mol. The van der Waals surface area contributed by atoms with E-state index in [0.29, 0.717) is 11.3 Å². The highest BCUT2D eigenvalue weighted by atomic mass is 19.1. The SMILES string of the molecule is CCNC(c1cncc(OC)c1)c1ccc(C)c(F)c1. The standard InChI is InChI=1S/C16H19FN2O/c1-4-19-16(12-6-5-11(2)15(17)8-12)13-7-14(20-3)10-18-9-13/h5-10,16,19H,4H2,1-3H3. The van der Waals surface area contributed by atoms with Crippen molar-refractivity contribution in [3.05, 3.63) is 59.2 Å². The molecule has 4 heteroatoms. The van der Waals surface area contributed by atoms with Crippen LogP contribution < -0.4 is 10.1 Å². The van der Waals surface area contributed by atoms with Crippen LogP contribution in [0.4, 0.5) is 4.39 Å². The van der Waals surface area contributed by atoms with Crippen LogP contribution in [-0.2, 0) is 0 Å². The van der Waals surface area contributed by atoms with E-state index in [9.17, 15) is 4.39 Å². The van der Waals surface area contributed by atoms with Crippen molar-refractivity contribution in [1.29, 1.82) is 0 Å². The number of benzene rings is 1. The summed E-state index contributed by atoms with van der Waals surface area (Å²) >= 11 is 0. The second-order valence-electron chi connectivity index (χ2n) is 4.66. The van der Waals surface area contributed by atoms with E-state index in [1.54, 1.807) is 38.6 Å². The number of halogens is 1. The molecular formula is C16H19FN2O. The fourth-order valence-corrected chi connectivity index (χ4v) is 2.13. The van der Waals surface area contributed by atoms with E-state index in [-0.39, 0.29) is 11.9 Å². The van der Waals surface area contributed by atoms with Crippen molar-refractivity contribution >= 4 is 0 Å². The maximum Gasteiger partial charge on any atom is 0.137 e. The lowest BCUT2D eigenvalue weighted by atomic mass is 9.98. The zero-order valence-corrected chi connectivity index (χ0v) is 12.0. The molecule has 1 aromatic heterocycles. The summed E-state index contributed by atoms with van der Waals surface area (Å²) in [5.74, 6) is 0.499. The van der Waals surface area contributed by atoms with Crippen LogP contribution in [0.2, 0.25) is 0 Å². The summed E-state index contributed by atoms with van der Waals surface area (Å²) in [4.78, 5) is 4.17. The van der Waals surface area contributed by atoms with Crippen molar-refractivity contribution in [3.8, 4) is 5.75 Å². The van der Waals surface area contributed by atoms with Crippen molar-refractivity contribution < 1.29 is 9.13 Å². The molecule has 3 nitrogen and oxygen atoms in total. The number of ether oxygens (including phenoxy) is 1. The summed E-state index contributed by atoms with van der Waals surface area (Å²) < 4.78 is 19.0. The minimum atomic E-state index is -0.193. The van der Waals surface area contributed by atoms with Crippen LogP contribution in [-0.4, -0.2) is 18.6 Å². The van der Waals surface area contributed by atoms with Crippen molar-refractivity contribution in [1.82, 2.24) is 10.3 Å². The molecule has 1 aromatic carbocycles. The predicted octanol–water partition coefficient (Wildman–Crippen LogP) is 3.24. The number of hydrogen-bond donors (Lipinski definition) is 1. The van der Waals surface area contributed by atoms with Crippen LogP contribution in [0.25, 0.3) is 0 Å². The summed E-state index contributed by atoms with van der Waals surface area (Å²) in [6.45, 7) is 4.55. The summed E-state index contributed by atoms with van der Waals surface area (Å²) in [5, 5.41) is 3.35. The van der Waals surface area contributed by atoms with E-state index in [4.69, 9.17) is 4.74 Å². The molecule has 1 heterocycles. The average molecular weight is 274 g/mol. The normalized spacial score (nSPS) is 12.2. The number of pyridine rings is 1. The minimum absolute atomic E-state index is 0.0994. The number of methoxy groups -OCH3 is 1. The van der Waals surface area contributed by atoms with Gasteiger partial charge in [-0.3, -0.25) is 4.98 Å². The molecule has 1 unspecified atom stereocenters. The van der Waals surface area contributed by atoms with E-state index in [1.807, 2.05) is 19.1 Å². The van der Waals surface area contributed by atoms with E-state index in [2.05, 4.69) is 10.3 Å². The highest BCUT2D eigenvalue weighted by molar-refractivity contribution is 5.35. The predicted molar refractivity (Wildman–Crippen MR) is 77.4 cm³/mol. The minimum Gasteiger partial charge on any atom is -0.495 e. The Labute approximate surface area is 118 Å². The highest BCUT2D eigenvalue weighted by Crippen LogP contribution is 2.25. The van der Waals surface area contributed by atoms with Crippen molar-refractivity contribution in [2.45, 2.75) is 19.9 Å². The second kappa shape index (κ2) is 6.48. The van der Waals surface area contributed by atoms with E-state index >= 15 is 0 Å². The van der Waals surface area contributed by atoms with Gasteiger partial charge in [0.25, 0.3) is 0 Å². The lowest BCUT2D eigenvalue weighted by Gasteiger charge is -2.19. The molecule has 106 valence electrons. The molecule has 0 aliphatic rings. The van der Waals surface area contributed by atoms with Gasteiger partial charge in [0.15, 0.2) is 0 Å². The molecule has 1 atom stereocenters. The molecule has 0 bridgehead atoms. The number of nitrogens with one attached hydrogen (secondary N) is 1. The number of aromatic nitrogens is 1.